The van der Waals surface area contributed by atoms with Gasteiger partial charge in [0, 0.05) is 12.6 Å². The standard InChI is InChI=1S/C28H59NO.ClH/c1-4-7-10-15-20-25-29(26-21-16-11-8-5-2)28(23-18-12-9-6-3)24-19-14-13-17-22-27-30;/h28,30H,4-27H2,1-3H3;1H. The Morgan fingerprint density at radius 2 is 0.839 bits per heavy atom. The van der Waals surface area contributed by atoms with Crippen molar-refractivity contribution < 1.29 is 5.11 Å². The Balaban J connectivity index is 0. The number of hydrogen-bond acceptors (Lipinski definition) is 2. The summed E-state index contributed by atoms with van der Waals surface area (Å²) in [6.07, 6.45) is 28.6. The molecular weight excluding hydrogens is 402 g/mol. The average Bonchev–Trinajstić information content (AvgIpc) is 2.76. The van der Waals surface area contributed by atoms with Gasteiger partial charge in [-0.15, -0.1) is 12.4 Å². The van der Waals surface area contributed by atoms with Crippen molar-refractivity contribution in [1.29, 1.82) is 0 Å². The van der Waals surface area contributed by atoms with Crippen molar-refractivity contribution in [1.82, 2.24) is 4.90 Å². The van der Waals surface area contributed by atoms with E-state index in [1.54, 1.807) is 0 Å². The van der Waals surface area contributed by atoms with E-state index in [2.05, 4.69) is 25.7 Å². The molecule has 0 aliphatic carbocycles. The fourth-order valence-corrected chi connectivity index (χ4v) is 4.65. The molecule has 190 valence electrons. The predicted octanol–water partition coefficient (Wildman–Crippen LogP) is 9.32. The monoisotopic (exact) mass is 461 g/mol. The first-order chi connectivity index (χ1) is 14.8. The zero-order valence-electron chi connectivity index (χ0n) is 21.9. The third-order valence-electron chi connectivity index (χ3n) is 6.70. The van der Waals surface area contributed by atoms with Gasteiger partial charge in [0.25, 0.3) is 0 Å². The first-order valence-electron chi connectivity index (χ1n) is 14.1. The molecule has 0 heterocycles. The molecule has 0 aliphatic heterocycles. The summed E-state index contributed by atoms with van der Waals surface area (Å²) < 4.78 is 0. The SMILES string of the molecule is CCCCCCCN(CCCCCCC)C(CCCCCC)CCCCCCCO.Cl. The topological polar surface area (TPSA) is 23.5 Å². The Hall–Kier alpha value is 0.210. The van der Waals surface area contributed by atoms with Crippen molar-refractivity contribution in [2.24, 2.45) is 0 Å². The summed E-state index contributed by atoms with van der Waals surface area (Å²) in [5, 5.41) is 8.99. The summed E-state index contributed by atoms with van der Waals surface area (Å²) in [7, 11) is 0. The summed E-state index contributed by atoms with van der Waals surface area (Å²) in [5.74, 6) is 0. The van der Waals surface area contributed by atoms with Gasteiger partial charge < -0.3 is 10.0 Å². The number of aliphatic hydroxyl groups excluding tert-OH is 1. The summed E-state index contributed by atoms with van der Waals surface area (Å²) in [5.41, 5.74) is 0. The molecule has 0 bridgehead atoms. The van der Waals surface area contributed by atoms with E-state index in [1.165, 1.54) is 142 Å². The van der Waals surface area contributed by atoms with Crippen LogP contribution in [0.5, 0.6) is 0 Å². The quantitative estimate of drug-likeness (QED) is 0.137. The van der Waals surface area contributed by atoms with E-state index in [9.17, 15) is 0 Å². The Morgan fingerprint density at radius 1 is 0.484 bits per heavy atom. The average molecular weight is 462 g/mol. The van der Waals surface area contributed by atoms with E-state index in [0.717, 1.165) is 12.5 Å². The van der Waals surface area contributed by atoms with Gasteiger partial charge in [0.15, 0.2) is 0 Å². The van der Waals surface area contributed by atoms with Gasteiger partial charge in [-0.3, -0.25) is 0 Å². The molecule has 1 atom stereocenters. The highest BCUT2D eigenvalue weighted by Crippen LogP contribution is 2.20. The van der Waals surface area contributed by atoms with Gasteiger partial charge in [-0.25, -0.2) is 0 Å². The number of hydrogen-bond donors (Lipinski definition) is 1. The molecule has 0 aromatic heterocycles. The molecule has 0 aromatic carbocycles. The van der Waals surface area contributed by atoms with E-state index < -0.39 is 0 Å². The molecule has 0 amide bonds. The smallest absolute Gasteiger partial charge is 0.0431 e. The number of halogens is 1. The third kappa shape index (κ3) is 23.2. The summed E-state index contributed by atoms with van der Waals surface area (Å²) in [6, 6.07) is 0.817. The molecule has 0 radical (unpaired) electrons. The molecule has 2 nitrogen and oxygen atoms in total. The number of unbranched alkanes of at least 4 members (excludes halogenated alkanes) is 15. The van der Waals surface area contributed by atoms with Crippen LogP contribution >= 0.6 is 12.4 Å². The van der Waals surface area contributed by atoms with Crippen molar-refractivity contribution in [2.45, 2.75) is 162 Å². The normalized spacial score (nSPS) is 12.3. The Bertz CT molecular complexity index is 299. The number of nitrogens with zero attached hydrogens (tertiary/aromatic N) is 1. The van der Waals surface area contributed by atoms with Crippen LogP contribution in [0.1, 0.15) is 156 Å². The molecule has 1 unspecified atom stereocenters. The van der Waals surface area contributed by atoms with Gasteiger partial charge >= 0.3 is 0 Å². The zero-order valence-corrected chi connectivity index (χ0v) is 22.7. The van der Waals surface area contributed by atoms with Crippen LogP contribution in [0.3, 0.4) is 0 Å². The minimum Gasteiger partial charge on any atom is -0.396 e. The van der Waals surface area contributed by atoms with Crippen molar-refractivity contribution >= 4 is 12.4 Å². The van der Waals surface area contributed by atoms with E-state index in [1.807, 2.05) is 0 Å². The maximum atomic E-state index is 8.99. The lowest BCUT2D eigenvalue weighted by atomic mass is 9.98. The maximum absolute atomic E-state index is 8.99. The van der Waals surface area contributed by atoms with Gasteiger partial charge in [-0.05, 0) is 45.2 Å². The maximum Gasteiger partial charge on any atom is 0.0431 e. The Labute approximate surface area is 203 Å². The van der Waals surface area contributed by atoms with Crippen LogP contribution in [-0.4, -0.2) is 35.7 Å². The summed E-state index contributed by atoms with van der Waals surface area (Å²) in [6.45, 7) is 9.98. The first-order valence-corrected chi connectivity index (χ1v) is 14.1. The zero-order chi connectivity index (χ0) is 22.1. The fraction of sp³-hybridized carbons (Fsp3) is 1.00. The second-order valence-corrected chi connectivity index (χ2v) is 9.65. The summed E-state index contributed by atoms with van der Waals surface area (Å²) in [4.78, 5) is 2.91. The number of rotatable bonds is 25. The lowest BCUT2D eigenvalue weighted by Gasteiger charge is -2.32. The highest BCUT2D eigenvalue weighted by Gasteiger charge is 2.17. The predicted molar refractivity (Wildman–Crippen MR) is 144 cm³/mol. The lowest BCUT2D eigenvalue weighted by Crippen LogP contribution is -2.37. The van der Waals surface area contributed by atoms with Crippen molar-refractivity contribution in [3.05, 3.63) is 0 Å². The van der Waals surface area contributed by atoms with Gasteiger partial charge in [-0.2, -0.15) is 0 Å². The molecule has 0 rings (SSSR count). The molecule has 0 spiro atoms. The van der Waals surface area contributed by atoms with Crippen LogP contribution in [0, 0.1) is 0 Å². The van der Waals surface area contributed by atoms with Crippen molar-refractivity contribution in [2.75, 3.05) is 19.7 Å². The van der Waals surface area contributed by atoms with Crippen LogP contribution < -0.4 is 0 Å². The van der Waals surface area contributed by atoms with Crippen LogP contribution in [-0.2, 0) is 0 Å². The van der Waals surface area contributed by atoms with Gasteiger partial charge in [0.2, 0.25) is 0 Å². The van der Waals surface area contributed by atoms with Crippen molar-refractivity contribution in [3.63, 3.8) is 0 Å². The summed E-state index contributed by atoms with van der Waals surface area (Å²) >= 11 is 0. The molecular formula is C28H60ClNO. The largest absolute Gasteiger partial charge is 0.396 e. The Morgan fingerprint density at radius 3 is 1.29 bits per heavy atom. The molecule has 1 N–H and O–H groups in total. The minimum atomic E-state index is 0. The minimum absolute atomic E-state index is 0. The Kier molecular flexibility index (Phi) is 30.4. The second-order valence-electron chi connectivity index (χ2n) is 9.65. The second kappa shape index (κ2) is 28.2. The van der Waals surface area contributed by atoms with Crippen LogP contribution in [0.2, 0.25) is 0 Å². The highest BCUT2D eigenvalue weighted by atomic mass is 35.5. The van der Waals surface area contributed by atoms with E-state index in [0.29, 0.717) is 6.61 Å². The van der Waals surface area contributed by atoms with Crippen LogP contribution in [0.25, 0.3) is 0 Å². The highest BCUT2D eigenvalue weighted by molar-refractivity contribution is 5.85. The van der Waals surface area contributed by atoms with Crippen LogP contribution in [0.15, 0.2) is 0 Å². The van der Waals surface area contributed by atoms with E-state index in [-0.39, 0.29) is 12.4 Å². The molecule has 0 saturated carbocycles. The van der Waals surface area contributed by atoms with E-state index in [4.69, 9.17) is 5.11 Å². The first kappa shape index (κ1) is 33.4. The van der Waals surface area contributed by atoms with Gasteiger partial charge in [-0.1, -0.05) is 124 Å². The molecule has 0 fully saturated rings. The molecule has 31 heavy (non-hydrogen) atoms. The molecule has 0 aromatic rings. The van der Waals surface area contributed by atoms with Gasteiger partial charge in [0.1, 0.15) is 0 Å². The molecule has 0 saturated heterocycles. The van der Waals surface area contributed by atoms with E-state index >= 15 is 0 Å². The molecule has 0 aliphatic rings. The van der Waals surface area contributed by atoms with Gasteiger partial charge in [0.05, 0.1) is 0 Å². The van der Waals surface area contributed by atoms with Crippen LogP contribution in [0.4, 0.5) is 0 Å². The van der Waals surface area contributed by atoms with Crippen molar-refractivity contribution in [3.8, 4) is 0 Å². The number of aliphatic hydroxyl groups is 1. The fourth-order valence-electron chi connectivity index (χ4n) is 4.65. The lowest BCUT2D eigenvalue weighted by molar-refractivity contribution is 0.163. The molecule has 3 heteroatoms. The third-order valence-corrected chi connectivity index (χ3v) is 6.70.